The maximum absolute atomic E-state index is 11.8. The maximum Gasteiger partial charge on any atom is 0.222 e. The predicted octanol–water partition coefficient (Wildman–Crippen LogP) is 2.88. The molecule has 1 spiro atoms. The molecule has 0 atom stereocenters. The second-order valence-corrected chi connectivity index (χ2v) is 7.64. The van der Waals surface area contributed by atoms with E-state index in [9.17, 15) is 4.79 Å². The van der Waals surface area contributed by atoms with Gasteiger partial charge in [-0.25, -0.2) is 4.98 Å². The summed E-state index contributed by atoms with van der Waals surface area (Å²) in [6, 6.07) is 8.34. The van der Waals surface area contributed by atoms with Crippen molar-refractivity contribution in [3.8, 4) is 0 Å². The largest absolute Gasteiger partial charge is 0.340 e. The Hall–Kier alpha value is -1.46. The summed E-state index contributed by atoms with van der Waals surface area (Å²) < 4.78 is 1.27. The summed E-state index contributed by atoms with van der Waals surface area (Å²) in [6.45, 7) is 3.06. The van der Waals surface area contributed by atoms with Gasteiger partial charge in [0.15, 0.2) is 0 Å². The third-order valence-corrected chi connectivity index (χ3v) is 6.39. The van der Waals surface area contributed by atoms with Gasteiger partial charge in [0.05, 0.1) is 16.8 Å². The Bertz CT molecular complexity index is 670. The molecule has 2 aromatic rings. The zero-order valence-corrected chi connectivity index (χ0v) is 13.7. The summed E-state index contributed by atoms with van der Waals surface area (Å²) >= 11 is 1.80. The van der Waals surface area contributed by atoms with Crippen LogP contribution in [0, 0.1) is 0 Å². The van der Waals surface area contributed by atoms with E-state index in [1.165, 1.54) is 9.71 Å². The Morgan fingerprint density at radius 1 is 1.23 bits per heavy atom. The van der Waals surface area contributed by atoms with Gasteiger partial charge in [-0.2, -0.15) is 0 Å². The molecular formula is C17H21N3OS. The van der Waals surface area contributed by atoms with E-state index in [0.717, 1.165) is 50.8 Å². The summed E-state index contributed by atoms with van der Waals surface area (Å²) in [7, 11) is 1.98. The van der Waals surface area contributed by atoms with Crippen LogP contribution >= 0.6 is 11.3 Å². The molecule has 4 nitrogen and oxygen atoms in total. The van der Waals surface area contributed by atoms with E-state index in [0.29, 0.717) is 5.91 Å². The van der Waals surface area contributed by atoms with Crippen LogP contribution in [0.2, 0.25) is 0 Å². The van der Waals surface area contributed by atoms with Crippen LogP contribution in [0.5, 0.6) is 0 Å². The zero-order chi connectivity index (χ0) is 15.2. The van der Waals surface area contributed by atoms with E-state index in [4.69, 9.17) is 4.98 Å². The Morgan fingerprint density at radius 2 is 2.00 bits per heavy atom. The van der Waals surface area contributed by atoms with Crippen molar-refractivity contribution in [2.75, 3.05) is 20.1 Å². The van der Waals surface area contributed by atoms with Crippen molar-refractivity contribution >= 4 is 27.5 Å². The summed E-state index contributed by atoms with van der Waals surface area (Å²) in [4.78, 5) is 21.1. The summed E-state index contributed by atoms with van der Waals surface area (Å²) in [5, 5.41) is 1.20. The number of aromatic nitrogens is 1. The molecule has 4 rings (SSSR count). The predicted molar refractivity (Wildman–Crippen MR) is 88.9 cm³/mol. The Balaban J connectivity index is 1.43. The molecule has 2 aliphatic heterocycles. The molecule has 1 amide bonds. The van der Waals surface area contributed by atoms with Crippen molar-refractivity contribution in [1.29, 1.82) is 0 Å². The SMILES string of the molecule is CN1C(=O)CCC12CCN(Cc1nc3ccccc3s1)CC2. The number of nitrogens with zero attached hydrogens (tertiary/aromatic N) is 3. The number of piperidine rings is 1. The van der Waals surface area contributed by atoms with Crippen LogP contribution in [0.3, 0.4) is 0 Å². The van der Waals surface area contributed by atoms with Gasteiger partial charge in [0.25, 0.3) is 0 Å². The minimum Gasteiger partial charge on any atom is -0.340 e. The van der Waals surface area contributed by atoms with Crippen LogP contribution in [0.25, 0.3) is 10.2 Å². The van der Waals surface area contributed by atoms with Gasteiger partial charge in [0.1, 0.15) is 5.01 Å². The fraction of sp³-hybridized carbons (Fsp3) is 0.529. The minimum atomic E-state index is 0.140. The molecule has 0 bridgehead atoms. The van der Waals surface area contributed by atoms with Crippen LogP contribution in [-0.2, 0) is 11.3 Å². The van der Waals surface area contributed by atoms with E-state index in [-0.39, 0.29) is 5.54 Å². The molecule has 3 heterocycles. The van der Waals surface area contributed by atoms with Crippen molar-refractivity contribution in [2.45, 2.75) is 37.8 Å². The number of rotatable bonds is 2. The molecular weight excluding hydrogens is 294 g/mol. The third-order valence-electron chi connectivity index (χ3n) is 5.37. The third kappa shape index (κ3) is 2.32. The van der Waals surface area contributed by atoms with E-state index >= 15 is 0 Å². The first-order valence-electron chi connectivity index (χ1n) is 8.00. The quantitative estimate of drug-likeness (QED) is 0.855. The number of carbonyl (C=O) groups excluding carboxylic acids is 1. The van der Waals surface area contributed by atoms with Crippen LogP contribution in [0.1, 0.15) is 30.7 Å². The maximum atomic E-state index is 11.8. The van der Waals surface area contributed by atoms with E-state index in [1.807, 2.05) is 18.0 Å². The smallest absolute Gasteiger partial charge is 0.222 e. The Kier molecular flexibility index (Phi) is 3.42. The average Bonchev–Trinajstić information content (AvgIpc) is 3.06. The number of para-hydroxylation sites is 1. The highest BCUT2D eigenvalue weighted by Crippen LogP contribution is 2.38. The molecule has 0 unspecified atom stereocenters. The van der Waals surface area contributed by atoms with Gasteiger partial charge in [-0.15, -0.1) is 11.3 Å². The van der Waals surface area contributed by atoms with Gasteiger partial charge in [-0.3, -0.25) is 9.69 Å². The number of hydrogen-bond acceptors (Lipinski definition) is 4. The highest BCUT2D eigenvalue weighted by atomic mass is 32.1. The zero-order valence-electron chi connectivity index (χ0n) is 12.9. The molecule has 2 aliphatic rings. The standard InChI is InChI=1S/C17H21N3OS/c1-19-16(21)6-7-17(19)8-10-20(11-9-17)12-15-18-13-4-2-3-5-14(13)22-15/h2-5H,6-12H2,1H3. The molecule has 22 heavy (non-hydrogen) atoms. The van der Waals surface area contributed by atoms with Gasteiger partial charge in [0.2, 0.25) is 5.91 Å². The van der Waals surface area contributed by atoms with Gasteiger partial charge < -0.3 is 4.90 Å². The number of hydrogen-bond donors (Lipinski definition) is 0. The fourth-order valence-electron chi connectivity index (χ4n) is 3.83. The van der Waals surface area contributed by atoms with Crippen LogP contribution in [0.4, 0.5) is 0 Å². The van der Waals surface area contributed by atoms with Crippen molar-refractivity contribution in [1.82, 2.24) is 14.8 Å². The van der Waals surface area contributed by atoms with E-state index in [2.05, 4.69) is 23.1 Å². The first-order chi connectivity index (χ1) is 10.7. The van der Waals surface area contributed by atoms with Gasteiger partial charge in [-0.05, 0) is 31.4 Å². The van der Waals surface area contributed by atoms with E-state index < -0.39 is 0 Å². The van der Waals surface area contributed by atoms with Crippen molar-refractivity contribution < 1.29 is 4.79 Å². The summed E-state index contributed by atoms with van der Waals surface area (Å²) in [5.74, 6) is 0.319. The molecule has 2 saturated heterocycles. The second-order valence-electron chi connectivity index (χ2n) is 6.53. The molecule has 0 N–H and O–H groups in total. The van der Waals surface area contributed by atoms with Crippen LogP contribution in [-0.4, -0.2) is 46.4 Å². The average molecular weight is 315 g/mol. The Morgan fingerprint density at radius 3 is 2.68 bits per heavy atom. The highest BCUT2D eigenvalue weighted by molar-refractivity contribution is 7.18. The minimum absolute atomic E-state index is 0.140. The lowest BCUT2D eigenvalue weighted by Crippen LogP contribution is -2.51. The number of likely N-dealkylation sites (tertiary alicyclic amines) is 2. The van der Waals surface area contributed by atoms with Gasteiger partial charge in [0, 0.05) is 32.1 Å². The first kappa shape index (κ1) is 14.2. The molecule has 116 valence electrons. The summed E-state index contributed by atoms with van der Waals surface area (Å²) in [6.07, 6.45) is 3.96. The normalized spacial score (nSPS) is 22.0. The molecule has 2 fully saturated rings. The molecule has 1 aromatic carbocycles. The molecule has 0 aliphatic carbocycles. The molecule has 5 heteroatoms. The summed E-state index contributed by atoms with van der Waals surface area (Å²) in [5.41, 5.74) is 1.25. The van der Waals surface area contributed by atoms with Crippen LogP contribution in [0.15, 0.2) is 24.3 Å². The highest BCUT2D eigenvalue weighted by Gasteiger charge is 2.44. The first-order valence-corrected chi connectivity index (χ1v) is 8.81. The van der Waals surface area contributed by atoms with Crippen molar-refractivity contribution in [3.05, 3.63) is 29.3 Å². The second kappa shape index (κ2) is 5.32. The molecule has 0 radical (unpaired) electrons. The van der Waals surface area contributed by atoms with Gasteiger partial charge >= 0.3 is 0 Å². The number of benzene rings is 1. The monoisotopic (exact) mass is 315 g/mol. The number of thiazole rings is 1. The lowest BCUT2D eigenvalue weighted by Gasteiger charge is -2.43. The van der Waals surface area contributed by atoms with Crippen molar-refractivity contribution in [2.24, 2.45) is 0 Å². The molecule has 0 saturated carbocycles. The Labute approximate surface area is 134 Å². The lowest BCUT2D eigenvalue weighted by atomic mass is 9.85. The number of amides is 1. The fourth-order valence-corrected chi connectivity index (χ4v) is 4.84. The topological polar surface area (TPSA) is 36.4 Å². The number of fused-ring (bicyclic) bond motifs is 1. The van der Waals surface area contributed by atoms with Gasteiger partial charge in [-0.1, -0.05) is 12.1 Å². The molecule has 1 aromatic heterocycles. The lowest BCUT2D eigenvalue weighted by molar-refractivity contribution is -0.130. The van der Waals surface area contributed by atoms with E-state index in [1.54, 1.807) is 11.3 Å². The number of carbonyl (C=O) groups is 1. The van der Waals surface area contributed by atoms with Crippen molar-refractivity contribution in [3.63, 3.8) is 0 Å². The van der Waals surface area contributed by atoms with Crippen LogP contribution < -0.4 is 0 Å².